The maximum Gasteiger partial charge on any atom is 0.191 e. The third kappa shape index (κ3) is 7.52. The zero-order valence-electron chi connectivity index (χ0n) is 14.5. The standard InChI is InChI=1S/C18H30N4.HI/c1-3-4-11-20-18(19-2)21-14-16-7-9-17(10-8-16)15-22-12-5-6-13-22;/h7-10H,3-6,11-15H2,1-2H3,(H2,19,20,21);1H. The third-order valence-corrected chi connectivity index (χ3v) is 4.13. The lowest BCUT2D eigenvalue weighted by molar-refractivity contribution is 0.331. The molecule has 1 heterocycles. The first-order valence-electron chi connectivity index (χ1n) is 8.56. The summed E-state index contributed by atoms with van der Waals surface area (Å²) in [6, 6.07) is 8.95. The van der Waals surface area contributed by atoms with Crippen molar-refractivity contribution in [1.29, 1.82) is 0 Å². The molecule has 0 aromatic heterocycles. The summed E-state index contributed by atoms with van der Waals surface area (Å²) in [6.45, 7) is 7.59. The van der Waals surface area contributed by atoms with E-state index in [-0.39, 0.29) is 24.0 Å². The zero-order chi connectivity index (χ0) is 15.6. The van der Waals surface area contributed by atoms with Crippen LogP contribution in [0.15, 0.2) is 29.3 Å². The Morgan fingerprint density at radius 2 is 1.74 bits per heavy atom. The second-order valence-electron chi connectivity index (χ2n) is 6.01. The van der Waals surface area contributed by atoms with Crippen LogP contribution in [0, 0.1) is 0 Å². The van der Waals surface area contributed by atoms with Crippen LogP contribution < -0.4 is 10.6 Å². The smallest absolute Gasteiger partial charge is 0.191 e. The number of rotatable bonds is 7. The monoisotopic (exact) mass is 430 g/mol. The number of likely N-dealkylation sites (tertiary alicyclic amines) is 1. The highest BCUT2D eigenvalue weighted by Gasteiger charge is 2.11. The van der Waals surface area contributed by atoms with Gasteiger partial charge in [-0.1, -0.05) is 37.6 Å². The summed E-state index contributed by atoms with van der Waals surface area (Å²) >= 11 is 0. The Morgan fingerprint density at radius 1 is 1.09 bits per heavy atom. The van der Waals surface area contributed by atoms with Gasteiger partial charge in [0.05, 0.1) is 0 Å². The van der Waals surface area contributed by atoms with Crippen molar-refractivity contribution in [1.82, 2.24) is 15.5 Å². The highest BCUT2D eigenvalue weighted by Crippen LogP contribution is 2.13. The minimum Gasteiger partial charge on any atom is -0.356 e. The fourth-order valence-corrected chi connectivity index (χ4v) is 2.75. The van der Waals surface area contributed by atoms with Crippen molar-refractivity contribution in [2.45, 2.75) is 45.7 Å². The number of hydrogen-bond donors (Lipinski definition) is 2. The van der Waals surface area contributed by atoms with E-state index in [0.717, 1.165) is 25.6 Å². The fraction of sp³-hybridized carbons (Fsp3) is 0.611. The van der Waals surface area contributed by atoms with E-state index < -0.39 is 0 Å². The Balaban J connectivity index is 0.00000264. The van der Waals surface area contributed by atoms with E-state index in [9.17, 15) is 0 Å². The molecule has 0 radical (unpaired) electrons. The molecule has 1 aliphatic heterocycles. The van der Waals surface area contributed by atoms with Gasteiger partial charge in [-0.05, 0) is 43.5 Å². The molecule has 4 nitrogen and oxygen atoms in total. The Hall–Kier alpha value is -0.820. The molecule has 23 heavy (non-hydrogen) atoms. The number of guanidine groups is 1. The van der Waals surface area contributed by atoms with Crippen molar-refractivity contribution in [3.8, 4) is 0 Å². The van der Waals surface area contributed by atoms with Gasteiger partial charge in [-0.2, -0.15) is 0 Å². The highest BCUT2D eigenvalue weighted by atomic mass is 127. The lowest BCUT2D eigenvalue weighted by Gasteiger charge is -2.15. The van der Waals surface area contributed by atoms with E-state index in [1.807, 2.05) is 7.05 Å². The van der Waals surface area contributed by atoms with Gasteiger partial charge in [-0.15, -0.1) is 24.0 Å². The first-order chi connectivity index (χ1) is 10.8. The van der Waals surface area contributed by atoms with Gasteiger partial charge in [-0.25, -0.2) is 0 Å². The van der Waals surface area contributed by atoms with E-state index >= 15 is 0 Å². The van der Waals surface area contributed by atoms with Crippen molar-refractivity contribution >= 4 is 29.9 Å². The number of hydrogen-bond acceptors (Lipinski definition) is 2. The van der Waals surface area contributed by atoms with Gasteiger partial charge < -0.3 is 10.6 Å². The molecule has 0 atom stereocenters. The summed E-state index contributed by atoms with van der Waals surface area (Å²) < 4.78 is 0. The van der Waals surface area contributed by atoms with Crippen molar-refractivity contribution in [2.24, 2.45) is 4.99 Å². The predicted molar refractivity (Wildman–Crippen MR) is 109 cm³/mol. The van der Waals surface area contributed by atoms with E-state index in [0.29, 0.717) is 0 Å². The van der Waals surface area contributed by atoms with E-state index in [4.69, 9.17) is 0 Å². The van der Waals surface area contributed by atoms with E-state index in [2.05, 4.69) is 51.7 Å². The summed E-state index contributed by atoms with van der Waals surface area (Å²) in [6.07, 6.45) is 5.08. The molecular formula is C18H31IN4. The Labute approximate surface area is 158 Å². The summed E-state index contributed by atoms with van der Waals surface area (Å²) in [5.41, 5.74) is 2.71. The number of halogens is 1. The molecule has 1 aromatic rings. The van der Waals surface area contributed by atoms with Crippen molar-refractivity contribution in [3.63, 3.8) is 0 Å². The summed E-state index contributed by atoms with van der Waals surface area (Å²) in [4.78, 5) is 6.78. The predicted octanol–water partition coefficient (Wildman–Crippen LogP) is 3.37. The van der Waals surface area contributed by atoms with Crippen LogP contribution in [0.5, 0.6) is 0 Å². The molecule has 1 saturated heterocycles. The molecule has 130 valence electrons. The molecule has 0 bridgehead atoms. The van der Waals surface area contributed by atoms with Gasteiger partial charge in [0.1, 0.15) is 0 Å². The van der Waals surface area contributed by atoms with E-state index in [1.54, 1.807) is 0 Å². The molecule has 0 spiro atoms. The van der Waals surface area contributed by atoms with Crippen molar-refractivity contribution in [3.05, 3.63) is 35.4 Å². The number of aliphatic imine (C=N–C) groups is 1. The first kappa shape index (κ1) is 20.2. The number of nitrogens with zero attached hydrogens (tertiary/aromatic N) is 2. The first-order valence-corrected chi connectivity index (χ1v) is 8.56. The highest BCUT2D eigenvalue weighted by molar-refractivity contribution is 14.0. The summed E-state index contributed by atoms with van der Waals surface area (Å²) in [5, 5.41) is 6.70. The van der Waals surface area contributed by atoms with Gasteiger partial charge in [0, 0.05) is 26.7 Å². The lowest BCUT2D eigenvalue weighted by atomic mass is 10.1. The van der Waals surface area contributed by atoms with Crippen LogP contribution in [-0.2, 0) is 13.1 Å². The second kappa shape index (κ2) is 11.7. The summed E-state index contributed by atoms with van der Waals surface area (Å²) in [7, 11) is 1.82. The van der Waals surface area contributed by atoms with Gasteiger partial charge in [0.25, 0.3) is 0 Å². The molecule has 0 aliphatic carbocycles. The molecule has 2 N–H and O–H groups in total. The Bertz CT molecular complexity index is 453. The van der Waals surface area contributed by atoms with E-state index in [1.165, 1.54) is 49.9 Å². The largest absolute Gasteiger partial charge is 0.356 e. The molecule has 0 saturated carbocycles. The molecule has 0 amide bonds. The molecule has 5 heteroatoms. The molecule has 2 rings (SSSR count). The lowest BCUT2D eigenvalue weighted by Crippen LogP contribution is -2.37. The Kier molecular flexibility index (Phi) is 10.3. The van der Waals surface area contributed by atoms with Gasteiger partial charge in [0.15, 0.2) is 5.96 Å². The zero-order valence-corrected chi connectivity index (χ0v) is 16.8. The quantitative estimate of drug-likeness (QED) is 0.302. The molecular weight excluding hydrogens is 399 g/mol. The SMILES string of the molecule is CCCCNC(=NC)NCc1ccc(CN2CCCC2)cc1.I. The van der Waals surface area contributed by atoms with Crippen molar-refractivity contribution < 1.29 is 0 Å². The summed E-state index contributed by atoms with van der Waals surface area (Å²) in [5.74, 6) is 0.884. The van der Waals surface area contributed by atoms with Crippen LogP contribution in [-0.4, -0.2) is 37.5 Å². The van der Waals surface area contributed by atoms with Crippen LogP contribution in [0.3, 0.4) is 0 Å². The number of benzene rings is 1. The topological polar surface area (TPSA) is 39.7 Å². The van der Waals surface area contributed by atoms with Gasteiger partial charge in [0.2, 0.25) is 0 Å². The van der Waals surface area contributed by atoms with Crippen LogP contribution >= 0.6 is 24.0 Å². The number of unbranched alkanes of at least 4 members (excludes halogenated alkanes) is 1. The maximum atomic E-state index is 4.25. The van der Waals surface area contributed by atoms with Crippen LogP contribution in [0.1, 0.15) is 43.7 Å². The van der Waals surface area contributed by atoms with Crippen LogP contribution in [0.25, 0.3) is 0 Å². The minimum absolute atomic E-state index is 0. The third-order valence-electron chi connectivity index (χ3n) is 4.13. The molecule has 1 fully saturated rings. The normalized spacial score (nSPS) is 15.3. The molecule has 0 unspecified atom stereocenters. The van der Waals surface area contributed by atoms with Crippen LogP contribution in [0.4, 0.5) is 0 Å². The number of nitrogens with one attached hydrogen (secondary N) is 2. The maximum absolute atomic E-state index is 4.25. The minimum atomic E-state index is 0. The Morgan fingerprint density at radius 3 is 2.35 bits per heavy atom. The van der Waals surface area contributed by atoms with Gasteiger partial charge >= 0.3 is 0 Å². The molecule has 1 aliphatic rings. The van der Waals surface area contributed by atoms with Gasteiger partial charge in [-0.3, -0.25) is 9.89 Å². The van der Waals surface area contributed by atoms with Crippen molar-refractivity contribution in [2.75, 3.05) is 26.7 Å². The second-order valence-corrected chi connectivity index (χ2v) is 6.01. The average Bonchev–Trinajstić information content (AvgIpc) is 3.05. The fourth-order valence-electron chi connectivity index (χ4n) is 2.75. The van der Waals surface area contributed by atoms with Crippen LogP contribution in [0.2, 0.25) is 0 Å². The average molecular weight is 430 g/mol. The molecule has 1 aromatic carbocycles.